The molecule has 1 fully saturated rings. The minimum Gasteiger partial charge on any atom is -0.363 e. The molecule has 0 unspecified atom stereocenters. The Balaban J connectivity index is 1.49. The van der Waals surface area contributed by atoms with Crippen molar-refractivity contribution in [2.75, 3.05) is 13.1 Å². The van der Waals surface area contributed by atoms with Crippen molar-refractivity contribution in [2.24, 2.45) is 10.9 Å². The number of aliphatic imine (C=N–C) groups is 1. The number of hydrogen-bond acceptors (Lipinski definition) is 5. The monoisotopic (exact) mass is 524 g/mol. The van der Waals surface area contributed by atoms with E-state index >= 15 is 0 Å². The summed E-state index contributed by atoms with van der Waals surface area (Å²) in [4.78, 5) is 17.8. The number of carbonyl (C=O) groups is 1. The maximum absolute atomic E-state index is 13.6. The van der Waals surface area contributed by atoms with Crippen molar-refractivity contribution in [3.8, 4) is 0 Å². The summed E-state index contributed by atoms with van der Waals surface area (Å²) in [5, 5.41) is 6.38. The molecule has 4 rings (SSSR count). The highest BCUT2D eigenvalue weighted by Crippen LogP contribution is 2.29. The van der Waals surface area contributed by atoms with Gasteiger partial charge in [0.25, 0.3) is 0 Å². The first kappa shape index (κ1) is 27.3. The number of sulfonamides is 1. The lowest BCUT2D eigenvalue weighted by molar-refractivity contribution is -0.123. The van der Waals surface area contributed by atoms with Crippen LogP contribution >= 0.6 is 0 Å². The van der Waals surface area contributed by atoms with E-state index in [4.69, 9.17) is 0 Å². The Kier molecular flexibility index (Phi) is 8.09. The van der Waals surface area contributed by atoms with Crippen LogP contribution in [0.15, 0.2) is 58.5 Å². The largest absolute Gasteiger partial charge is 0.363 e. The molecule has 8 heteroatoms. The van der Waals surface area contributed by atoms with Crippen molar-refractivity contribution < 1.29 is 13.2 Å². The highest BCUT2D eigenvalue weighted by molar-refractivity contribution is 7.93. The van der Waals surface area contributed by atoms with Gasteiger partial charge in [-0.2, -0.15) is 4.31 Å². The van der Waals surface area contributed by atoms with Gasteiger partial charge in [-0.15, -0.1) is 0 Å². The summed E-state index contributed by atoms with van der Waals surface area (Å²) >= 11 is 0. The molecule has 0 bridgehead atoms. The molecule has 1 aromatic carbocycles. The Morgan fingerprint density at radius 2 is 1.97 bits per heavy atom. The Morgan fingerprint density at radius 1 is 1.22 bits per heavy atom. The first-order valence-electron chi connectivity index (χ1n) is 13.2. The van der Waals surface area contributed by atoms with E-state index in [0.717, 1.165) is 24.0 Å². The van der Waals surface area contributed by atoms with E-state index in [9.17, 15) is 13.2 Å². The van der Waals surface area contributed by atoms with Gasteiger partial charge in [0.05, 0.1) is 10.4 Å². The van der Waals surface area contributed by atoms with Gasteiger partial charge in [-0.05, 0) is 94.1 Å². The lowest BCUT2D eigenvalue weighted by atomic mass is 9.96. The summed E-state index contributed by atoms with van der Waals surface area (Å²) in [6, 6.07) is 5.52. The third-order valence-electron chi connectivity index (χ3n) is 7.42. The van der Waals surface area contributed by atoms with E-state index in [1.807, 2.05) is 52.0 Å². The zero-order valence-corrected chi connectivity index (χ0v) is 23.3. The Morgan fingerprint density at radius 3 is 2.62 bits per heavy atom. The SMILES string of the molecule is C=C(CCN(Cc1ccc(C)c(C)c1)S(=O)(=O)C1=CCCC=C1)C1=N[C@@H](C(=O)NCC2CC2)C(C)(C)N1. The van der Waals surface area contributed by atoms with Gasteiger partial charge in [-0.1, -0.05) is 36.9 Å². The van der Waals surface area contributed by atoms with E-state index in [2.05, 4.69) is 22.2 Å². The Hall–Kier alpha value is -2.71. The van der Waals surface area contributed by atoms with E-state index < -0.39 is 21.6 Å². The molecule has 2 N–H and O–H groups in total. The summed E-state index contributed by atoms with van der Waals surface area (Å²) in [6.45, 7) is 13.4. The highest BCUT2D eigenvalue weighted by atomic mass is 32.2. The van der Waals surface area contributed by atoms with Crippen LogP contribution in [0.4, 0.5) is 0 Å². The summed E-state index contributed by atoms with van der Waals surface area (Å²) in [7, 11) is -3.68. The minimum absolute atomic E-state index is 0.0813. The number of hydrogen-bond donors (Lipinski definition) is 2. The van der Waals surface area contributed by atoms with Crippen LogP contribution in [-0.2, 0) is 21.4 Å². The van der Waals surface area contributed by atoms with Gasteiger partial charge >= 0.3 is 0 Å². The number of amides is 1. The second-order valence-corrected chi connectivity index (χ2v) is 13.1. The number of aryl methyl sites for hydroxylation is 2. The fraction of sp³-hybridized carbons (Fsp3) is 0.517. The molecule has 1 atom stereocenters. The van der Waals surface area contributed by atoms with Crippen LogP contribution < -0.4 is 10.6 Å². The number of carbonyl (C=O) groups excluding carboxylic acids is 1. The molecule has 1 amide bonds. The molecule has 7 nitrogen and oxygen atoms in total. The smallest absolute Gasteiger partial charge is 0.247 e. The Labute approximate surface area is 221 Å². The zero-order chi connectivity index (χ0) is 26.8. The van der Waals surface area contributed by atoms with Crippen LogP contribution in [0.5, 0.6) is 0 Å². The van der Waals surface area contributed by atoms with Gasteiger partial charge in [-0.25, -0.2) is 8.42 Å². The van der Waals surface area contributed by atoms with Crippen molar-refractivity contribution in [2.45, 2.75) is 77.9 Å². The molecule has 1 aromatic rings. The molecule has 3 aliphatic rings. The first-order valence-corrected chi connectivity index (χ1v) is 14.7. The van der Waals surface area contributed by atoms with Crippen LogP contribution in [0, 0.1) is 19.8 Å². The number of nitrogens with zero attached hydrogens (tertiary/aromatic N) is 2. The molecule has 0 radical (unpaired) electrons. The zero-order valence-electron chi connectivity index (χ0n) is 22.5. The highest BCUT2D eigenvalue weighted by Gasteiger charge is 2.41. The fourth-order valence-corrected chi connectivity index (χ4v) is 6.17. The second-order valence-electron chi connectivity index (χ2n) is 11.1. The molecule has 2 aliphatic carbocycles. The molecular formula is C29H40N4O3S. The van der Waals surface area contributed by atoms with Gasteiger partial charge < -0.3 is 10.6 Å². The van der Waals surface area contributed by atoms with Crippen LogP contribution in [0.2, 0.25) is 0 Å². The minimum atomic E-state index is -3.68. The summed E-state index contributed by atoms with van der Waals surface area (Å²) < 4.78 is 28.8. The molecule has 200 valence electrons. The summed E-state index contributed by atoms with van der Waals surface area (Å²) in [5.74, 6) is 1.10. The van der Waals surface area contributed by atoms with Gasteiger partial charge in [-0.3, -0.25) is 9.79 Å². The van der Waals surface area contributed by atoms with Gasteiger partial charge in [0, 0.05) is 19.6 Å². The average molecular weight is 525 g/mol. The van der Waals surface area contributed by atoms with Crippen molar-refractivity contribution in [1.82, 2.24) is 14.9 Å². The van der Waals surface area contributed by atoms with Gasteiger partial charge in [0.15, 0.2) is 6.04 Å². The van der Waals surface area contributed by atoms with Crippen LogP contribution in [-0.4, -0.2) is 49.1 Å². The van der Waals surface area contributed by atoms with Crippen molar-refractivity contribution in [3.63, 3.8) is 0 Å². The van der Waals surface area contributed by atoms with Crippen molar-refractivity contribution in [1.29, 1.82) is 0 Å². The van der Waals surface area contributed by atoms with E-state index in [1.54, 1.807) is 12.2 Å². The van der Waals surface area contributed by atoms with Crippen LogP contribution in [0.3, 0.4) is 0 Å². The fourth-order valence-electron chi connectivity index (χ4n) is 4.62. The lowest BCUT2D eigenvalue weighted by Crippen LogP contribution is -2.51. The summed E-state index contributed by atoms with van der Waals surface area (Å²) in [5.41, 5.74) is 3.40. The third kappa shape index (κ3) is 6.60. The molecule has 1 heterocycles. The normalized spacial score (nSPS) is 20.8. The van der Waals surface area contributed by atoms with Gasteiger partial charge in [0.2, 0.25) is 15.9 Å². The number of nitrogens with one attached hydrogen (secondary N) is 2. The first-order chi connectivity index (χ1) is 17.5. The maximum Gasteiger partial charge on any atom is 0.247 e. The van der Waals surface area contributed by atoms with Crippen molar-refractivity contribution in [3.05, 3.63) is 70.2 Å². The standard InChI is InChI=1S/C29H40N4O3S/c1-20-11-12-24(17-22(20)3)19-33(37(35,36)25-9-7-6-8-10-25)16-15-21(2)27-31-26(29(4,5)32-27)28(34)30-18-23-13-14-23/h7,9-12,17,23,26H,2,6,8,13-16,18-19H2,1,3-5H3,(H,30,34)(H,31,32)/t26-/m0/s1. The summed E-state index contributed by atoms with van der Waals surface area (Å²) in [6.07, 6.45) is 9.73. The van der Waals surface area contributed by atoms with Gasteiger partial charge in [0.1, 0.15) is 5.84 Å². The number of amidine groups is 1. The molecule has 37 heavy (non-hydrogen) atoms. The topological polar surface area (TPSA) is 90.9 Å². The lowest BCUT2D eigenvalue weighted by Gasteiger charge is -2.26. The molecule has 1 saturated carbocycles. The van der Waals surface area contributed by atoms with Crippen LogP contribution in [0.25, 0.3) is 0 Å². The number of benzene rings is 1. The second kappa shape index (κ2) is 11.0. The molecule has 0 saturated heterocycles. The van der Waals surface area contributed by atoms with E-state index in [0.29, 0.717) is 35.2 Å². The molecule has 0 spiro atoms. The maximum atomic E-state index is 13.6. The van der Waals surface area contributed by atoms with E-state index in [-0.39, 0.29) is 19.0 Å². The predicted octanol–water partition coefficient (Wildman–Crippen LogP) is 4.29. The molecule has 1 aliphatic heterocycles. The van der Waals surface area contributed by atoms with E-state index in [1.165, 1.54) is 22.7 Å². The van der Waals surface area contributed by atoms with Crippen LogP contribution in [0.1, 0.15) is 62.6 Å². The quantitative estimate of drug-likeness (QED) is 0.452. The predicted molar refractivity (Wildman–Crippen MR) is 150 cm³/mol. The Bertz CT molecular complexity index is 1260. The molecule has 0 aromatic heterocycles. The molecular weight excluding hydrogens is 484 g/mol. The van der Waals surface area contributed by atoms with Crippen molar-refractivity contribution >= 4 is 21.8 Å². The number of allylic oxidation sites excluding steroid dienone is 3. The average Bonchev–Trinajstić information content (AvgIpc) is 3.63. The third-order valence-corrected chi connectivity index (χ3v) is 9.31. The number of rotatable bonds is 11.